The summed E-state index contributed by atoms with van der Waals surface area (Å²) in [6.45, 7) is 3.95. The van der Waals surface area contributed by atoms with E-state index in [2.05, 4.69) is 38.5 Å². The molecule has 2 aromatic rings. The monoisotopic (exact) mass is 236 g/mol. The van der Waals surface area contributed by atoms with Crippen LogP contribution < -0.4 is 0 Å². The molecule has 0 saturated heterocycles. The molecule has 13 heavy (non-hydrogen) atoms. The van der Waals surface area contributed by atoms with Gasteiger partial charge in [0.1, 0.15) is 0 Å². The summed E-state index contributed by atoms with van der Waals surface area (Å²) in [7, 11) is 0. The third-order valence-corrected chi connectivity index (χ3v) is 2.67. The summed E-state index contributed by atoms with van der Waals surface area (Å²) in [6, 6.07) is 6.09. The molecule has 2 nitrogen and oxygen atoms in total. The standard InChI is InChI=1S/C10H9BrN2/c1-7(5-11)8-2-3-9-10(4-8)13-6-12-9/h2-4,6H,1,5H2,(H,12,13). The molecule has 0 atom stereocenters. The largest absolute Gasteiger partial charge is 0.345 e. The van der Waals surface area contributed by atoms with Gasteiger partial charge in [-0.05, 0) is 23.3 Å². The fraction of sp³-hybridized carbons (Fsp3) is 0.100. The molecule has 1 aromatic heterocycles. The van der Waals surface area contributed by atoms with Crippen LogP contribution in [0.15, 0.2) is 31.1 Å². The van der Waals surface area contributed by atoms with Crippen molar-refractivity contribution in [2.45, 2.75) is 0 Å². The van der Waals surface area contributed by atoms with Gasteiger partial charge in [0, 0.05) is 5.33 Å². The van der Waals surface area contributed by atoms with Crippen LogP contribution in [0.1, 0.15) is 5.56 Å². The highest BCUT2D eigenvalue weighted by atomic mass is 79.9. The molecule has 0 fully saturated rings. The number of allylic oxidation sites excluding steroid dienone is 1. The van der Waals surface area contributed by atoms with Crippen LogP contribution in [0, 0.1) is 0 Å². The van der Waals surface area contributed by atoms with Crippen molar-refractivity contribution < 1.29 is 0 Å². The van der Waals surface area contributed by atoms with Gasteiger partial charge in [0.05, 0.1) is 17.4 Å². The molecule has 0 aliphatic rings. The first-order valence-electron chi connectivity index (χ1n) is 3.98. The SMILES string of the molecule is C=C(CBr)c1ccc2nc[nH]c2c1. The molecule has 0 amide bonds. The molecule has 0 spiro atoms. The van der Waals surface area contributed by atoms with Crippen molar-refractivity contribution in [2.24, 2.45) is 0 Å². The zero-order chi connectivity index (χ0) is 9.26. The Labute approximate surface area is 84.8 Å². The molecule has 0 saturated carbocycles. The summed E-state index contributed by atoms with van der Waals surface area (Å²) >= 11 is 3.38. The smallest absolute Gasteiger partial charge is 0.0931 e. The molecular weight excluding hydrogens is 228 g/mol. The Bertz CT molecular complexity index is 445. The highest BCUT2D eigenvalue weighted by molar-refractivity contribution is 9.09. The van der Waals surface area contributed by atoms with Gasteiger partial charge < -0.3 is 4.98 Å². The molecule has 1 N–H and O–H groups in total. The Morgan fingerprint density at radius 1 is 1.54 bits per heavy atom. The normalized spacial score (nSPS) is 10.5. The minimum absolute atomic E-state index is 0.798. The lowest BCUT2D eigenvalue weighted by molar-refractivity contribution is 1.34. The number of aromatic nitrogens is 2. The molecule has 0 unspecified atom stereocenters. The van der Waals surface area contributed by atoms with E-state index in [0.717, 1.165) is 27.5 Å². The molecule has 2 rings (SSSR count). The predicted octanol–water partition coefficient (Wildman–Crippen LogP) is 2.97. The van der Waals surface area contributed by atoms with E-state index in [1.54, 1.807) is 6.33 Å². The van der Waals surface area contributed by atoms with Gasteiger partial charge in [0.15, 0.2) is 0 Å². The predicted molar refractivity (Wildman–Crippen MR) is 58.9 cm³/mol. The van der Waals surface area contributed by atoms with E-state index in [1.165, 1.54) is 0 Å². The van der Waals surface area contributed by atoms with Crippen LogP contribution in [0.2, 0.25) is 0 Å². The number of halogens is 1. The quantitative estimate of drug-likeness (QED) is 0.799. The fourth-order valence-corrected chi connectivity index (χ4v) is 1.56. The van der Waals surface area contributed by atoms with Crippen LogP contribution in [-0.2, 0) is 0 Å². The Hall–Kier alpha value is -1.09. The Balaban J connectivity index is 2.54. The second-order valence-corrected chi connectivity index (χ2v) is 3.43. The van der Waals surface area contributed by atoms with Gasteiger partial charge in [-0.1, -0.05) is 28.6 Å². The van der Waals surface area contributed by atoms with Crippen LogP contribution in [0.3, 0.4) is 0 Å². The number of H-pyrrole nitrogens is 1. The zero-order valence-corrected chi connectivity index (χ0v) is 8.63. The average Bonchev–Trinajstić information content (AvgIpc) is 2.63. The third kappa shape index (κ3) is 1.52. The second-order valence-electron chi connectivity index (χ2n) is 2.87. The fourth-order valence-electron chi connectivity index (χ4n) is 1.23. The third-order valence-electron chi connectivity index (χ3n) is 1.99. The highest BCUT2D eigenvalue weighted by Gasteiger charge is 2.00. The topological polar surface area (TPSA) is 28.7 Å². The van der Waals surface area contributed by atoms with Crippen molar-refractivity contribution in [3.05, 3.63) is 36.7 Å². The number of fused-ring (bicyclic) bond motifs is 1. The summed E-state index contributed by atoms with van der Waals surface area (Å²) in [4.78, 5) is 7.22. The van der Waals surface area contributed by atoms with Crippen LogP contribution >= 0.6 is 15.9 Å². The van der Waals surface area contributed by atoms with Gasteiger partial charge in [-0.2, -0.15) is 0 Å². The van der Waals surface area contributed by atoms with Crippen molar-refractivity contribution in [1.29, 1.82) is 0 Å². The minimum Gasteiger partial charge on any atom is -0.345 e. The van der Waals surface area contributed by atoms with Gasteiger partial charge in [0.2, 0.25) is 0 Å². The number of hydrogen-bond donors (Lipinski definition) is 1. The summed E-state index contributed by atoms with van der Waals surface area (Å²) in [5.74, 6) is 0. The van der Waals surface area contributed by atoms with Gasteiger partial charge in [-0.25, -0.2) is 4.98 Å². The molecule has 1 aromatic carbocycles. The highest BCUT2D eigenvalue weighted by Crippen LogP contribution is 2.18. The summed E-state index contributed by atoms with van der Waals surface area (Å²) in [5, 5.41) is 0.798. The first kappa shape index (κ1) is 8.51. The molecule has 0 aliphatic carbocycles. The maximum Gasteiger partial charge on any atom is 0.0931 e. The van der Waals surface area contributed by atoms with E-state index in [0.29, 0.717) is 0 Å². The Kier molecular flexibility index (Phi) is 2.19. The number of nitrogens with one attached hydrogen (secondary N) is 1. The second kappa shape index (κ2) is 3.34. The molecule has 0 bridgehead atoms. The van der Waals surface area contributed by atoms with Gasteiger partial charge in [-0.3, -0.25) is 0 Å². The number of imidazole rings is 1. The number of nitrogens with zero attached hydrogens (tertiary/aromatic N) is 1. The molecule has 1 heterocycles. The lowest BCUT2D eigenvalue weighted by atomic mass is 10.1. The molecule has 66 valence electrons. The van der Waals surface area contributed by atoms with Crippen LogP contribution in [-0.4, -0.2) is 15.3 Å². The van der Waals surface area contributed by atoms with Crippen molar-refractivity contribution in [2.75, 3.05) is 5.33 Å². The van der Waals surface area contributed by atoms with E-state index in [-0.39, 0.29) is 0 Å². The minimum atomic E-state index is 0.798. The Morgan fingerprint density at radius 2 is 2.38 bits per heavy atom. The zero-order valence-electron chi connectivity index (χ0n) is 7.05. The van der Waals surface area contributed by atoms with E-state index >= 15 is 0 Å². The number of hydrogen-bond acceptors (Lipinski definition) is 1. The van der Waals surface area contributed by atoms with Crippen LogP contribution in [0.4, 0.5) is 0 Å². The molecule has 0 aliphatic heterocycles. The van der Waals surface area contributed by atoms with Crippen LogP contribution in [0.25, 0.3) is 16.6 Å². The van der Waals surface area contributed by atoms with Gasteiger partial charge in [-0.15, -0.1) is 0 Å². The van der Waals surface area contributed by atoms with E-state index < -0.39 is 0 Å². The first-order valence-corrected chi connectivity index (χ1v) is 5.10. The van der Waals surface area contributed by atoms with Crippen molar-refractivity contribution in [1.82, 2.24) is 9.97 Å². The van der Waals surface area contributed by atoms with Crippen LogP contribution in [0.5, 0.6) is 0 Å². The summed E-state index contributed by atoms with van der Waals surface area (Å²) in [6.07, 6.45) is 1.70. The number of rotatable bonds is 2. The lowest BCUT2D eigenvalue weighted by Gasteiger charge is -2.00. The van der Waals surface area contributed by atoms with E-state index in [9.17, 15) is 0 Å². The number of alkyl halides is 1. The molecule has 0 radical (unpaired) electrons. The van der Waals surface area contributed by atoms with Gasteiger partial charge in [0.25, 0.3) is 0 Å². The summed E-state index contributed by atoms with van der Waals surface area (Å²) in [5.41, 5.74) is 4.27. The maximum absolute atomic E-state index is 4.15. The van der Waals surface area contributed by atoms with Crippen molar-refractivity contribution >= 4 is 32.5 Å². The van der Waals surface area contributed by atoms with E-state index in [4.69, 9.17) is 0 Å². The number of benzene rings is 1. The lowest BCUT2D eigenvalue weighted by Crippen LogP contribution is -1.83. The van der Waals surface area contributed by atoms with E-state index in [1.807, 2.05) is 12.1 Å². The Morgan fingerprint density at radius 3 is 3.15 bits per heavy atom. The molecule has 3 heteroatoms. The number of aromatic amines is 1. The maximum atomic E-state index is 4.15. The van der Waals surface area contributed by atoms with Gasteiger partial charge >= 0.3 is 0 Å². The average molecular weight is 237 g/mol. The molecular formula is C10H9BrN2. The van der Waals surface area contributed by atoms with Crippen molar-refractivity contribution in [3.63, 3.8) is 0 Å². The first-order chi connectivity index (χ1) is 6.31. The summed E-state index contributed by atoms with van der Waals surface area (Å²) < 4.78 is 0. The van der Waals surface area contributed by atoms with Crippen molar-refractivity contribution in [3.8, 4) is 0 Å².